The molecule has 1 N–H and O–H groups in total. The lowest BCUT2D eigenvalue weighted by Crippen LogP contribution is -2.35. The first-order chi connectivity index (χ1) is 12.3. The lowest BCUT2D eigenvalue weighted by atomic mass is 10.1. The van der Waals surface area contributed by atoms with Crippen LogP contribution in [0, 0.1) is 3.57 Å². The SMILES string of the molecule is O=c1[nH]c(-c2ccccc2)c(I)c(=O)n1-c1ccc(OC(F)(F)F)cc1. The average Bonchev–Trinajstić information content (AvgIpc) is 2.59. The second-order valence-corrected chi connectivity index (χ2v) is 6.25. The molecular formula is C17H10F3IN2O3. The van der Waals surface area contributed by atoms with Gasteiger partial charge in [0, 0.05) is 0 Å². The van der Waals surface area contributed by atoms with Gasteiger partial charge < -0.3 is 9.72 Å². The average molecular weight is 474 g/mol. The van der Waals surface area contributed by atoms with Crippen LogP contribution in [0.1, 0.15) is 0 Å². The molecule has 5 nitrogen and oxygen atoms in total. The van der Waals surface area contributed by atoms with Crippen LogP contribution in [0.25, 0.3) is 16.9 Å². The van der Waals surface area contributed by atoms with E-state index >= 15 is 0 Å². The minimum atomic E-state index is -4.82. The number of nitrogens with zero attached hydrogens (tertiary/aromatic N) is 1. The zero-order chi connectivity index (χ0) is 18.9. The highest BCUT2D eigenvalue weighted by Gasteiger charge is 2.31. The van der Waals surface area contributed by atoms with Crippen LogP contribution >= 0.6 is 22.6 Å². The largest absolute Gasteiger partial charge is 0.573 e. The Kier molecular flexibility index (Phi) is 4.90. The Labute approximate surface area is 158 Å². The van der Waals surface area contributed by atoms with Gasteiger partial charge in [0.1, 0.15) is 9.32 Å². The van der Waals surface area contributed by atoms with Crippen LogP contribution in [-0.4, -0.2) is 15.9 Å². The molecule has 0 amide bonds. The van der Waals surface area contributed by atoms with E-state index in [1.165, 1.54) is 12.1 Å². The summed E-state index contributed by atoms with van der Waals surface area (Å²) in [6, 6.07) is 13.3. The van der Waals surface area contributed by atoms with Gasteiger partial charge in [-0.15, -0.1) is 13.2 Å². The van der Waals surface area contributed by atoms with Crippen molar-refractivity contribution in [3.63, 3.8) is 0 Å². The molecule has 0 spiro atoms. The molecule has 26 heavy (non-hydrogen) atoms. The Morgan fingerprint density at radius 3 is 2.15 bits per heavy atom. The van der Waals surface area contributed by atoms with E-state index < -0.39 is 23.4 Å². The number of hydrogen-bond acceptors (Lipinski definition) is 3. The summed E-state index contributed by atoms with van der Waals surface area (Å²) in [6.45, 7) is 0. The first-order valence-corrected chi connectivity index (χ1v) is 8.30. The Morgan fingerprint density at radius 1 is 0.962 bits per heavy atom. The lowest BCUT2D eigenvalue weighted by Gasteiger charge is -2.11. The molecule has 0 fully saturated rings. The molecule has 1 heterocycles. The molecule has 0 bridgehead atoms. The molecule has 2 aromatic carbocycles. The first kappa shape index (κ1) is 18.2. The van der Waals surface area contributed by atoms with E-state index in [9.17, 15) is 22.8 Å². The van der Waals surface area contributed by atoms with Gasteiger partial charge >= 0.3 is 12.1 Å². The summed E-state index contributed by atoms with van der Waals surface area (Å²) < 4.78 is 41.6. The molecule has 134 valence electrons. The summed E-state index contributed by atoms with van der Waals surface area (Å²) in [5.74, 6) is -0.443. The number of H-pyrrole nitrogens is 1. The molecule has 0 aliphatic heterocycles. The number of aromatic nitrogens is 2. The summed E-state index contributed by atoms with van der Waals surface area (Å²) in [5.41, 5.74) is -0.0820. The van der Waals surface area contributed by atoms with E-state index in [0.717, 1.165) is 16.7 Å². The van der Waals surface area contributed by atoms with E-state index in [-0.39, 0.29) is 9.26 Å². The number of benzene rings is 2. The van der Waals surface area contributed by atoms with Crippen molar-refractivity contribution in [3.05, 3.63) is 79.0 Å². The monoisotopic (exact) mass is 474 g/mol. The highest BCUT2D eigenvalue weighted by atomic mass is 127. The van der Waals surface area contributed by atoms with E-state index in [0.29, 0.717) is 11.3 Å². The van der Waals surface area contributed by atoms with E-state index in [2.05, 4.69) is 9.72 Å². The van der Waals surface area contributed by atoms with Gasteiger partial charge in [-0.3, -0.25) is 4.79 Å². The van der Waals surface area contributed by atoms with Crippen molar-refractivity contribution >= 4 is 22.6 Å². The van der Waals surface area contributed by atoms with Crippen molar-refractivity contribution in [2.24, 2.45) is 0 Å². The molecule has 3 aromatic rings. The van der Waals surface area contributed by atoms with Crippen LogP contribution in [0.3, 0.4) is 0 Å². The normalized spacial score (nSPS) is 11.4. The fourth-order valence-corrected chi connectivity index (χ4v) is 3.04. The number of aromatic amines is 1. The van der Waals surface area contributed by atoms with Crippen molar-refractivity contribution < 1.29 is 17.9 Å². The predicted octanol–water partition coefficient (Wildman–Crippen LogP) is 3.70. The molecule has 0 saturated heterocycles. The Bertz CT molecular complexity index is 1040. The third kappa shape index (κ3) is 3.82. The molecule has 0 aliphatic carbocycles. The van der Waals surface area contributed by atoms with Crippen LogP contribution in [0.15, 0.2) is 64.2 Å². The maximum atomic E-state index is 12.6. The molecular weight excluding hydrogens is 464 g/mol. The minimum Gasteiger partial charge on any atom is -0.406 e. The van der Waals surface area contributed by atoms with Crippen molar-refractivity contribution in [2.45, 2.75) is 6.36 Å². The first-order valence-electron chi connectivity index (χ1n) is 7.23. The Hall–Kier alpha value is -2.56. The van der Waals surface area contributed by atoms with Crippen LogP contribution < -0.4 is 16.0 Å². The van der Waals surface area contributed by atoms with Gasteiger partial charge in [0.2, 0.25) is 0 Å². The summed E-state index contributed by atoms with van der Waals surface area (Å²) in [7, 11) is 0. The molecule has 1 aromatic heterocycles. The van der Waals surface area contributed by atoms with E-state index in [1.54, 1.807) is 30.3 Å². The van der Waals surface area contributed by atoms with Gasteiger partial charge in [-0.25, -0.2) is 9.36 Å². The second-order valence-electron chi connectivity index (χ2n) is 5.17. The second kappa shape index (κ2) is 6.98. The van der Waals surface area contributed by atoms with Crippen molar-refractivity contribution in [2.75, 3.05) is 0 Å². The van der Waals surface area contributed by atoms with Gasteiger partial charge in [-0.1, -0.05) is 30.3 Å². The van der Waals surface area contributed by atoms with Gasteiger partial charge in [-0.2, -0.15) is 0 Å². The van der Waals surface area contributed by atoms with Crippen molar-refractivity contribution in [3.8, 4) is 22.7 Å². The number of nitrogens with one attached hydrogen (secondary N) is 1. The van der Waals surface area contributed by atoms with Crippen LogP contribution in [0.4, 0.5) is 13.2 Å². The molecule has 0 unspecified atom stereocenters. The molecule has 9 heteroatoms. The topological polar surface area (TPSA) is 64.1 Å². The van der Waals surface area contributed by atoms with Gasteiger partial charge in [-0.05, 0) is 52.4 Å². The molecule has 3 rings (SSSR count). The number of hydrogen-bond donors (Lipinski definition) is 1. The molecule has 0 aliphatic rings. The highest BCUT2D eigenvalue weighted by Crippen LogP contribution is 2.23. The summed E-state index contributed by atoms with van der Waals surface area (Å²) in [6.07, 6.45) is -4.82. The minimum absolute atomic E-state index is 0.128. The number of ether oxygens (including phenoxy) is 1. The van der Waals surface area contributed by atoms with Gasteiger partial charge in [0.25, 0.3) is 5.56 Å². The summed E-state index contributed by atoms with van der Waals surface area (Å²) in [4.78, 5) is 27.7. The van der Waals surface area contributed by atoms with Crippen molar-refractivity contribution in [1.82, 2.24) is 9.55 Å². The van der Waals surface area contributed by atoms with Crippen molar-refractivity contribution in [1.29, 1.82) is 0 Å². The number of alkyl halides is 3. The molecule has 0 saturated carbocycles. The van der Waals surface area contributed by atoms with Crippen LogP contribution in [0.2, 0.25) is 0 Å². The summed E-state index contributed by atoms with van der Waals surface area (Å²) in [5, 5.41) is 0. The quantitative estimate of drug-likeness (QED) is 0.590. The standard InChI is InChI=1S/C17H10F3IN2O3/c18-17(19,20)26-12-8-6-11(7-9-12)23-15(24)13(21)14(22-16(23)25)10-4-2-1-3-5-10/h1-9H,(H,22,25). The fourth-order valence-electron chi connectivity index (χ4n) is 2.35. The van der Waals surface area contributed by atoms with E-state index in [1.807, 2.05) is 22.6 Å². The predicted molar refractivity (Wildman–Crippen MR) is 97.5 cm³/mol. The third-order valence-corrected chi connectivity index (χ3v) is 4.44. The zero-order valence-corrected chi connectivity index (χ0v) is 15.0. The van der Waals surface area contributed by atoms with Gasteiger partial charge in [0.05, 0.1) is 11.4 Å². The smallest absolute Gasteiger partial charge is 0.406 e. The maximum absolute atomic E-state index is 12.6. The number of halogens is 4. The van der Waals surface area contributed by atoms with Crippen LogP contribution in [0.5, 0.6) is 5.75 Å². The Morgan fingerprint density at radius 2 is 1.58 bits per heavy atom. The number of rotatable bonds is 3. The maximum Gasteiger partial charge on any atom is 0.573 e. The lowest BCUT2D eigenvalue weighted by molar-refractivity contribution is -0.274. The van der Waals surface area contributed by atoms with Crippen LogP contribution in [-0.2, 0) is 0 Å². The highest BCUT2D eigenvalue weighted by molar-refractivity contribution is 14.1. The van der Waals surface area contributed by atoms with Gasteiger partial charge in [0.15, 0.2) is 0 Å². The zero-order valence-electron chi connectivity index (χ0n) is 12.9. The summed E-state index contributed by atoms with van der Waals surface area (Å²) >= 11 is 1.83. The fraction of sp³-hybridized carbons (Fsp3) is 0.0588. The van der Waals surface area contributed by atoms with E-state index in [4.69, 9.17) is 0 Å². The third-order valence-electron chi connectivity index (χ3n) is 3.44. The molecule has 0 atom stereocenters. The Balaban J connectivity index is 2.06. The molecule has 0 radical (unpaired) electrons.